The Hall–Kier alpha value is -6.31. The van der Waals surface area contributed by atoms with Crippen LogP contribution < -0.4 is 25.8 Å². The number of ether oxygens (including phenoxy) is 2. The van der Waals surface area contributed by atoms with E-state index >= 15 is 0 Å². The summed E-state index contributed by atoms with van der Waals surface area (Å²) in [5.41, 5.74) is 6.12. The SMILES string of the molecule is C.CC(C)(C)OC(=O)NCc1cccc(C2CCN(C(=O)c3cccc(N4CC(O)C(O)C4)c3)CC2)c1.CC(C)(C)OC(=O)NCc1cccc(C2CCNCC2)c1.O=C(O)c1cccc(N2CC(O)C(O)C2)c1.[2H]CF. The lowest BCUT2D eigenvalue weighted by molar-refractivity contribution is 0.0512. The maximum atomic E-state index is 13.2. The maximum absolute atomic E-state index is 13.2. The van der Waals surface area contributed by atoms with Gasteiger partial charge in [-0.25, -0.2) is 14.4 Å². The molecule has 0 saturated carbocycles. The fraction of sp³-hybridized carbons (Fsp3) is 0.517. The first kappa shape index (κ1) is 60.6. The minimum atomic E-state index is -1.00. The van der Waals surface area contributed by atoms with Crippen LogP contribution in [0.4, 0.5) is 25.4 Å². The number of carboxylic acid groups (broad SMARTS) is 1. The number of alkyl halides is 1. The van der Waals surface area contributed by atoms with Gasteiger partial charge in [0, 0.05) is 69.3 Å². The molecule has 8 N–H and O–H groups in total. The number of hydrogen-bond acceptors (Lipinski definition) is 13. The van der Waals surface area contributed by atoms with Crippen molar-refractivity contribution in [2.45, 2.75) is 135 Å². The molecule has 4 unspecified atom stereocenters. The molecule has 4 aliphatic heterocycles. The Morgan fingerprint density at radius 2 is 1.00 bits per heavy atom. The van der Waals surface area contributed by atoms with Gasteiger partial charge in [0.2, 0.25) is 0 Å². The molecule has 4 aromatic rings. The molecule has 17 nitrogen and oxygen atoms in total. The number of aliphatic hydroxyl groups excluding tert-OH is 4. The molecule has 3 amide bonds. The first-order valence-electron chi connectivity index (χ1n) is 26.3. The van der Waals surface area contributed by atoms with Gasteiger partial charge in [-0.1, -0.05) is 68.1 Å². The van der Waals surface area contributed by atoms with Crippen LogP contribution in [0.2, 0.25) is 0 Å². The molecule has 4 saturated heterocycles. The molecule has 4 fully saturated rings. The first-order chi connectivity index (χ1) is 36.0. The fourth-order valence-electron chi connectivity index (χ4n) is 9.28. The number of nitrogens with zero attached hydrogens (tertiary/aromatic N) is 3. The van der Waals surface area contributed by atoms with Crippen molar-refractivity contribution in [3.63, 3.8) is 0 Å². The second-order valence-corrected chi connectivity index (χ2v) is 21.3. The fourth-order valence-corrected chi connectivity index (χ4v) is 9.28. The monoisotopic (exact) mass is 1060 g/mol. The molecule has 418 valence electrons. The molecular weight excluding hydrogens is 976 g/mol. The van der Waals surface area contributed by atoms with Crippen LogP contribution in [-0.4, -0.2) is 150 Å². The minimum absolute atomic E-state index is 0. The van der Waals surface area contributed by atoms with E-state index in [0.29, 0.717) is 75.4 Å². The zero-order valence-electron chi connectivity index (χ0n) is 45.2. The summed E-state index contributed by atoms with van der Waals surface area (Å²) in [4.78, 5) is 53.2. The summed E-state index contributed by atoms with van der Waals surface area (Å²) < 4.78 is 26.1. The second kappa shape index (κ2) is 29.3. The van der Waals surface area contributed by atoms with E-state index in [1.807, 2.05) is 93.8 Å². The van der Waals surface area contributed by atoms with Gasteiger partial charge in [-0.05, 0) is 151 Å². The molecule has 4 atom stereocenters. The third kappa shape index (κ3) is 19.7. The maximum Gasteiger partial charge on any atom is 0.407 e. The molecule has 0 bridgehead atoms. The van der Waals surface area contributed by atoms with Crippen molar-refractivity contribution in [3.8, 4) is 0 Å². The molecule has 8 rings (SSSR count). The number of β-amino-alcohol motifs (C(OH)–C–C–N with tert-alkyl or cyclic N) is 4. The number of likely N-dealkylation sites (tertiary alicyclic amines) is 1. The average molecular weight is 1060 g/mol. The van der Waals surface area contributed by atoms with Gasteiger partial charge in [-0.15, -0.1) is 0 Å². The lowest BCUT2D eigenvalue weighted by atomic mass is 9.88. The van der Waals surface area contributed by atoms with Gasteiger partial charge in [0.1, 0.15) is 11.2 Å². The van der Waals surface area contributed by atoms with Gasteiger partial charge in [-0.3, -0.25) is 9.18 Å². The van der Waals surface area contributed by atoms with Crippen molar-refractivity contribution in [1.29, 1.82) is 0 Å². The van der Waals surface area contributed by atoms with Crippen molar-refractivity contribution in [2.24, 2.45) is 0 Å². The first-order valence-corrected chi connectivity index (χ1v) is 25.6. The number of carbonyl (C=O) groups is 4. The number of anilines is 2. The van der Waals surface area contributed by atoms with E-state index in [0.717, 1.165) is 42.7 Å². The van der Waals surface area contributed by atoms with E-state index in [9.17, 15) is 44.0 Å². The molecule has 4 heterocycles. The highest BCUT2D eigenvalue weighted by Gasteiger charge is 2.32. The lowest BCUT2D eigenvalue weighted by Gasteiger charge is -2.32. The third-order valence-corrected chi connectivity index (χ3v) is 13.1. The van der Waals surface area contributed by atoms with E-state index in [2.05, 4.69) is 46.3 Å². The van der Waals surface area contributed by atoms with Gasteiger partial charge < -0.3 is 65.7 Å². The molecule has 0 aromatic heterocycles. The third-order valence-electron chi connectivity index (χ3n) is 13.1. The Balaban J connectivity index is 0.000000264. The largest absolute Gasteiger partial charge is 0.478 e. The van der Waals surface area contributed by atoms with Crippen molar-refractivity contribution in [2.75, 3.05) is 69.3 Å². The minimum Gasteiger partial charge on any atom is -0.478 e. The number of carboxylic acids is 1. The smallest absolute Gasteiger partial charge is 0.407 e. The normalized spacial score (nSPS) is 19.9. The van der Waals surface area contributed by atoms with Gasteiger partial charge in [-0.2, -0.15) is 0 Å². The zero-order valence-corrected chi connectivity index (χ0v) is 44.2. The summed E-state index contributed by atoms with van der Waals surface area (Å²) in [5.74, 6) is 0.00946. The zero-order chi connectivity index (χ0) is 55.6. The second-order valence-electron chi connectivity index (χ2n) is 21.3. The van der Waals surface area contributed by atoms with Crippen molar-refractivity contribution < 1.29 is 59.9 Å². The molecule has 4 aromatic carbocycles. The van der Waals surface area contributed by atoms with Crippen LogP contribution in [0.25, 0.3) is 0 Å². The Labute approximate surface area is 449 Å². The van der Waals surface area contributed by atoms with Crippen molar-refractivity contribution in [3.05, 3.63) is 130 Å². The number of aromatic carboxylic acids is 1. The van der Waals surface area contributed by atoms with Crippen LogP contribution in [0.5, 0.6) is 0 Å². The number of halogens is 1. The lowest BCUT2D eigenvalue weighted by Crippen LogP contribution is -2.38. The number of aliphatic hydroxyl groups is 4. The summed E-state index contributed by atoms with van der Waals surface area (Å²) in [6, 6.07) is 30.6. The summed E-state index contributed by atoms with van der Waals surface area (Å²) >= 11 is 0. The Bertz CT molecular complexity index is 2470. The molecule has 18 heteroatoms. The Morgan fingerprint density at radius 3 is 1.41 bits per heavy atom. The Kier molecular flexibility index (Phi) is 23.3. The number of rotatable bonds is 10. The van der Waals surface area contributed by atoms with Gasteiger partial charge >= 0.3 is 18.2 Å². The van der Waals surface area contributed by atoms with E-state index in [4.69, 9.17) is 16.0 Å². The van der Waals surface area contributed by atoms with Crippen LogP contribution in [0.3, 0.4) is 0 Å². The topological polar surface area (TPSA) is 234 Å². The average Bonchev–Trinajstić information content (AvgIpc) is 3.92. The van der Waals surface area contributed by atoms with Crippen LogP contribution in [0, 0.1) is 0 Å². The molecular formula is C58H83FN6O11. The van der Waals surface area contributed by atoms with Crippen LogP contribution >= 0.6 is 0 Å². The van der Waals surface area contributed by atoms with Crippen molar-refractivity contribution in [1.82, 2.24) is 20.9 Å². The molecule has 4 aliphatic rings. The summed E-state index contributed by atoms with van der Waals surface area (Å²) in [5, 5.41) is 56.4. The highest BCUT2D eigenvalue weighted by Crippen LogP contribution is 2.31. The predicted octanol–water partition coefficient (Wildman–Crippen LogP) is 7.60. The number of amides is 3. The molecule has 0 aliphatic carbocycles. The number of alkyl carbamates (subject to hydrolysis) is 2. The van der Waals surface area contributed by atoms with Gasteiger partial charge in [0.25, 0.3) is 5.91 Å². The van der Waals surface area contributed by atoms with E-state index < -0.39 is 54.8 Å². The number of hydrogen-bond donors (Lipinski definition) is 8. The van der Waals surface area contributed by atoms with Gasteiger partial charge in [0.15, 0.2) is 0 Å². The standard InChI is InChI=1S/C28H37N3O5.C17H26N2O2.C11H13NO4.CH3F.CH4/c1-28(2,3)36-27(35)29-16-19-6-4-7-21(14-19)20-10-12-30(13-11-20)26(34)22-8-5-9-23(15-22)31-17-24(32)25(33)18-31;1-17(2,3)21-16(20)19-12-13-5-4-6-15(11-13)14-7-9-18-10-8-14;13-9-5-12(6-10(9)14)8-3-1-2-7(4-8)11(15)16;1-2;/h4-9,14-15,20,24-25,32-33H,10-13,16-18H2,1-3H3,(H,29,35);4-6,11,14,18H,7-10,12H2,1-3H3,(H,19,20);1-4,9-10,13-14H,5-6H2,(H,15,16);1H3;1H4/i;;;1D;. The Morgan fingerprint density at radius 1 is 0.618 bits per heavy atom. The van der Waals surface area contributed by atoms with Crippen LogP contribution in [0.1, 0.15) is 131 Å². The van der Waals surface area contributed by atoms with Crippen LogP contribution in [-0.2, 0) is 22.6 Å². The van der Waals surface area contributed by atoms with E-state index in [-0.39, 0.29) is 25.0 Å². The quantitative estimate of drug-likeness (QED) is 0.0765. The summed E-state index contributed by atoms with van der Waals surface area (Å²) in [6.45, 7) is 16.9. The van der Waals surface area contributed by atoms with Crippen molar-refractivity contribution >= 4 is 35.4 Å². The summed E-state index contributed by atoms with van der Waals surface area (Å²) in [7, 11) is -1.00. The van der Waals surface area contributed by atoms with E-state index in [1.54, 1.807) is 17.0 Å². The summed E-state index contributed by atoms with van der Waals surface area (Å²) in [6.07, 6.45) is 0.242. The molecule has 76 heavy (non-hydrogen) atoms. The molecule has 0 spiro atoms. The number of benzene rings is 4. The number of carbonyl (C=O) groups excluding carboxylic acids is 3. The predicted molar refractivity (Wildman–Crippen MR) is 294 cm³/mol. The highest BCUT2D eigenvalue weighted by molar-refractivity contribution is 5.95. The van der Waals surface area contributed by atoms with Crippen LogP contribution in [0.15, 0.2) is 97.1 Å². The van der Waals surface area contributed by atoms with Gasteiger partial charge in [0.05, 0.1) is 38.5 Å². The number of piperidine rings is 2. The highest BCUT2D eigenvalue weighted by atomic mass is 19.1. The van der Waals surface area contributed by atoms with E-state index in [1.165, 1.54) is 36.1 Å². The number of nitrogens with one attached hydrogen (secondary N) is 3. The molecule has 0 radical (unpaired) electrons.